The Bertz CT molecular complexity index is 907. The van der Waals surface area contributed by atoms with Crippen LogP contribution >= 0.6 is 11.6 Å². The molecule has 1 aromatic heterocycles. The number of carbonyl (C=O) groups excluding carboxylic acids is 2. The van der Waals surface area contributed by atoms with Gasteiger partial charge in [-0.25, -0.2) is 4.79 Å². The summed E-state index contributed by atoms with van der Waals surface area (Å²) >= 11 is 5.87. The lowest BCUT2D eigenvalue weighted by Gasteiger charge is -2.13. The van der Waals surface area contributed by atoms with Crippen molar-refractivity contribution >= 4 is 40.1 Å². The van der Waals surface area contributed by atoms with Gasteiger partial charge in [-0.15, -0.1) is 0 Å². The van der Waals surface area contributed by atoms with Crippen LogP contribution < -0.4 is 5.32 Å². The summed E-state index contributed by atoms with van der Waals surface area (Å²) in [5, 5.41) is 10.5. The second-order valence-corrected chi connectivity index (χ2v) is 5.60. The number of aromatic nitrogens is 2. The van der Waals surface area contributed by atoms with E-state index in [1.54, 1.807) is 42.5 Å². The van der Waals surface area contributed by atoms with Crippen molar-refractivity contribution in [1.82, 2.24) is 10.2 Å². The van der Waals surface area contributed by atoms with Crippen molar-refractivity contribution in [2.24, 2.45) is 0 Å². The first-order valence-electron chi connectivity index (χ1n) is 7.25. The Morgan fingerprint density at radius 1 is 1.21 bits per heavy atom. The Morgan fingerprint density at radius 2 is 2.00 bits per heavy atom. The minimum absolute atomic E-state index is 0.146. The number of hydrogen-bond acceptors (Lipinski definition) is 4. The summed E-state index contributed by atoms with van der Waals surface area (Å²) in [4.78, 5) is 24.4. The van der Waals surface area contributed by atoms with E-state index in [1.807, 2.05) is 6.07 Å². The van der Waals surface area contributed by atoms with Crippen LogP contribution in [0.1, 0.15) is 17.4 Å². The molecule has 7 heteroatoms. The minimum Gasteiger partial charge on any atom is -0.448 e. The van der Waals surface area contributed by atoms with Crippen LogP contribution in [0, 0.1) is 0 Å². The first-order valence-corrected chi connectivity index (χ1v) is 7.63. The number of nitrogens with zero attached hydrogens (tertiary/aromatic N) is 1. The highest BCUT2D eigenvalue weighted by molar-refractivity contribution is 6.30. The van der Waals surface area contributed by atoms with Gasteiger partial charge in [-0.1, -0.05) is 35.9 Å². The molecule has 0 fully saturated rings. The first kappa shape index (κ1) is 16.0. The Labute approximate surface area is 142 Å². The fourth-order valence-corrected chi connectivity index (χ4v) is 2.39. The lowest BCUT2D eigenvalue weighted by atomic mass is 10.2. The normalized spacial score (nSPS) is 11.9. The summed E-state index contributed by atoms with van der Waals surface area (Å²) in [7, 11) is 0. The number of para-hydroxylation sites is 1. The molecule has 1 heterocycles. The molecule has 0 spiro atoms. The van der Waals surface area contributed by atoms with Crippen LogP contribution in [0.5, 0.6) is 0 Å². The van der Waals surface area contributed by atoms with Gasteiger partial charge in [-0.2, -0.15) is 5.10 Å². The molecular weight excluding hydrogens is 330 g/mol. The maximum atomic E-state index is 12.2. The number of anilines is 1. The molecule has 24 heavy (non-hydrogen) atoms. The van der Waals surface area contributed by atoms with Crippen LogP contribution in [0.2, 0.25) is 5.02 Å². The number of hydrogen-bond donors (Lipinski definition) is 2. The number of fused-ring (bicyclic) bond motifs is 1. The van der Waals surface area contributed by atoms with Crippen LogP contribution in [0.3, 0.4) is 0 Å². The summed E-state index contributed by atoms with van der Waals surface area (Å²) < 4.78 is 5.20. The smallest absolute Gasteiger partial charge is 0.360 e. The van der Waals surface area contributed by atoms with Crippen molar-refractivity contribution in [1.29, 1.82) is 0 Å². The third kappa shape index (κ3) is 3.38. The Hall–Kier alpha value is -2.86. The van der Waals surface area contributed by atoms with Gasteiger partial charge in [-0.05, 0) is 31.2 Å². The standard InChI is InChI=1S/C17H14ClN3O3/c1-10(16(22)19-12-6-4-5-11(18)9-12)24-17(23)15-13-7-2-3-8-14(13)20-21-15/h2-10H,1H3,(H,19,22)(H,20,21). The molecule has 1 amide bonds. The van der Waals surface area contributed by atoms with Crippen LogP contribution in [0.15, 0.2) is 48.5 Å². The SMILES string of the molecule is CC(OC(=O)c1n[nH]c2ccccc12)C(=O)Nc1cccc(Cl)c1. The molecule has 2 N–H and O–H groups in total. The van der Waals surface area contributed by atoms with E-state index in [0.29, 0.717) is 16.1 Å². The lowest BCUT2D eigenvalue weighted by molar-refractivity contribution is -0.123. The maximum absolute atomic E-state index is 12.2. The number of rotatable bonds is 4. The number of benzene rings is 2. The van der Waals surface area contributed by atoms with Crippen molar-refractivity contribution in [3.8, 4) is 0 Å². The van der Waals surface area contributed by atoms with E-state index in [2.05, 4.69) is 15.5 Å². The molecule has 1 atom stereocenters. The van der Waals surface area contributed by atoms with Gasteiger partial charge < -0.3 is 10.1 Å². The molecule has 0 aliphatic heterocycles. The minimum atomic E-state index is -0.980. The molecule has 3 rings (SSSR count). The highest BCUT2D eigenvalue weighted by atomic mass is 35.5. The monoisotopic (exact) mass is 343 g/mol. The number of esters is 1. The molecule has 2 aromatic carbocycles. The third-order valence-electron chi connectivity index (χ3n) is 3.41. The van der Waals surface area contributed by atoms with E-state index in [4.69, 9.17) is 16.3 Å². The zero-order valence-corrected chi connectivity index (χ0v) is 13.5. The fraction of sp³-hybridized carbons (Fsp3) is 0.118. The summed E-state index contributed by atoms with van der Waals surface area (Å²) in [6.45, 7) is 1.49. The molecule has 0 saturated heterocycles. The Balaban J connectivity index is 1.68. The molecule has 6 nitrogen and oxygen atoms in total. The summed E-state index contributed by atoms with van der Waals surface area (Å²) in [5.74, 6) is -1.12. The molecule has 0 radical (unpaired) electrons. The molecule has 0 aliphatic rings. The van der Waals surface area contributed by atoms with Gasteiger partial charge in [0.25, 0.3) is 5.91 Å². The van der Waals surface area contributed by atoms with Crippen LogP contribution in [-0.4, -0.2) is 28.2 Å². The molecule has 122 valence electrons. The van der Waals surface area contributed by atoms with Gasteiger partial charge in [0.15, 0.2) is 11.8 Å². The van der Waals surface area contributed by atoms with Gasteiger partial charge in [0.05, 0.1) is 5.52 Å². The van der Waals surface area contributed by atoms with E-state index in [9.17, 15) is 9.59 Å². The third-order valence-corrected chi connectivity index (χ3v) is 3.64. The lowest BCUT2D eigenvalue weighted by Crippen LogP contribution is -2.30. The average molecular weight is 344 g/mol. The van der Waals surface area contributed by atoms with E-state index in [0.717, 1.165) is 5.52 Å². The second-order valence-electron chi connectivity index (χ2n) is 5.16. The summed E-state index contributed by atoms with van der Waals surface area (Å²) in [6.07, 6.45) is -0.980. The quantitative estimate of drug-likeness (QED) is 0.711. The Kier molecular flexibility index (Phi) is 4.48. The number of H-pyrrole nitrogens is 1. The fourth-order valence-electron chi connectivity index (χ4n) is 2.20. The molecule has 1 unspecified atom stereocenters. The second kappa shape index (κ2) is 6.72. The van der Waals surface area contributed by atoms with Gasteiger partial charge in [0.1, 0.15) is 0 Å². The van der Waals surface area contributed by atoms with Crippen molar-refractivity contribution in [3.63, 3.8) is 0 Å². The van der Waals surface area contributed by atoms with Gasteiger partial charge in [-0.3, -0.25) is 9.89 Å². The number of carbonyl (C=O) groups is 2. The molecule has 0 aliphatic carbocycles. The average Bonchev–Trinajstić information content (AvgIpc) is 2.99. The summed E-state index contributed by atoms with van der Waals surface area (Å²) in [6, 6.07) is 13.9. The van der Waals surface area contributed by atoms with Crippen molar-refractivity contribution in [3.05, 3.63) is 59.2 Å². The topological polar surface area (TPSA) is 84.1 Å². The van der Waals surface area contributed by atoms with E-state index in [1.165, 1.54) is 6.92 Å². The number of aromatic amines is 1. The van der Waals surface area contributed by atoms with Crippen molar-refractivity contribution in [2.45, 2.75) is 13.0 Å². The highest BCUT2D eigenvalue weighted by Crippen LogP contribution is 2.18. The highest BCUT2D eigenvalue weighted by Gasteiger charge is 2.22. The molecular formula is C17H14ClN3O3. The van der Waals surface area contributed by atoms with Crippen LogP contribution in [-0.2, 0) is 9.53 Å². The predicted molar refractivity (Wildman–Crippen MR) is 91.1 cm³/mol. The first-order chi connectivity index (χ1) is 11.5. The largest absolute Gasteiger partial charge is 0.448 e. The van der Waals surface area contributed by atoms with Crippen molar-refractivity contribution < 1.29 is 14.3 Å². The number of halogens is 1. The predicted octanol–water partition coefficient (Wildman–Crippen LogP) is 3.40. The van der Waals surface area contributed by atoms with Crippen molar-refractivity contribution in [2.75, 3.05) is 5.32 Å². The van der Waals surface area contributed by atoms with Gasteiger partial charge >= 0.3 is 5.97 Å². The molecule has 0 bridgehead atoms. The van der Waals surface area contributed by atoms with Gasteiger partial charge in [0.2, 0.25) is 0 Å². The number of nitrogens with one attached hydrogen (secondary N) is 2. The molecule has 0 saturated carbocycles. The number of ether oxygens (including phenoxy) is 1. The van der Waals surface area contributed by atoms with E-state index < -0.39 is 18.0 Å². The number of amides is 1. The van der Waals surface area contributed by atoms with Crippen LogP contribution in [0.25, 0.3) is 10.9 Å². The maximum Gasteiger partial charge on any atom is 0.360 e. The van der Waals surface area contributed by atoms with Gasteiger partial charge in [0, 0.05) is 16.1 Å². The van der Waals surface area contributed by atoms with E-state index in [-0.39, 0.29) is 5.69 Å². The zero-order valence-electron chi connectivity index (χ0n) is 12.7. The van der Waals surface area contributed by atoms with E-state index >= 15 is 0 Å². The molecule has 3 aromatic rings. The summed E-state index contributed by atoms with van der Waals surface area (Å²) in [5.41, 5.74) is 1.40. The Morgan fingerprint density at radius 3 is 2.79 bits per heavy atom. The zero-order chi connectivity index (χ0) is 17.1. The van der Waals surface area contributed by atoms with Crippen LogP contribution in [0.4, 0.5) is 5.69 Å².